The molecule has 1 aromatic heterocycles. The molecule has 1 heterocycles. The van der Waals surface area contributed by atoms with Gasteiger partial charge in [0.15, 0.2) is 0 Å². The summed E-state index contributed by atoms with van der Waals surface area (Å²) < 4.78 is 5.25. The fraction of sp³-hybridized carbons (Fsp3) is 0.526. The Hall–Kier alpha value is -1.63. The van der Waals surface area contributed by atoms with Gasteiger partial charge in [-0.15, -0.1) is 12.4 Å². The van der Waals surface area contributed by atoms with Crippen molar-refractivity contribution in [2.24, 2.45) is 11.7 Å². The third-order valence-corrected chi connectivity index (χ3v) is 5.21. The number of aryl methyl sites for hydroxylation is 1. The van der Waals surface area contributed by atoms with Crippen molar-refractivity contribution in [1.82, 2.24) is 15.5 Å². The average molecular weight is 413 g/mol. The molecule has 1 amide bonds. The second kappa shape index (κ2) is 10.6. The van der Waals surface area contributed by atoms with Crippen LogP contribution in [0.1, 0.15) is 44.4 Å². The third kappa shape index (κ3) is 6.19. The van der Waals surface area contributed by atoms with Crippen molar-refractivity contribution in [3.8, 4) is 11.4 Å². The highest BCUT2D eigenvalue weighted by atomic mass is 35.5. The SMILES string of the molecule is Cl.NCC(NC(=O)CCc1nc(-c2ccc(Cl)cc2)no1)C1CCCCC1. The lowest BCUT2D eigenvalue weighted by Gasteiger charge is -2.30. The number of halogens is 2. The number of nitrogens with one attached hydrogen (secondary N) is 1. The van der Waals surface area contributed by atoms with Gasteiger partial charge in [-0.2, -0.15) is 4.98 Å². The molecule has 1 fully saturated rings. The molecule has 1 aliphatic rings. The molecule has 0 bridgehead atoms. The number of hydrogen-bond donors (Lipinski definition) is 2. The van der Waals surface area contributed by atoms with Crippen LogP contribution in [0.2, 0.25) is 5.02 Å². The predicted octanol–water partition coefficient (Wildman–Crippen LogP) is 3.77. The van der Waals surface area contributed by atoms with Gasteiger partial charge < -0.3 is 15.6 Å². The van der Waals surface area contributed by atoms with E-state index >= 15 is 0 Å². The minimum Gasteiger partial charge on any atom is -0.352 e. The van der Waals surface area contributed by atoms with Gasteiger partial charge in [-0.25, -0.2) is 0 Å². The summed E-state index contributed by atoms with van der Waals surface area (Å²) in [4.78, 5) is 16.6. The van der Waals surface area contributed by atoms with Crippen molar-refractivity contribution in [2.45, 2.75) is 51.0 Å². The van der Waals surface area contributed by atoms with Gasteiger partial charge in [-0.3, -0.25) is 4.79 Å². The summed E-state index contributed by atoms with van der Waals surface area (Å²) in [5, 5.41) is 7.70. The van der Waals surface area contributed by atoms with Crippen molar-refractivity contribution in [1.29, 1.82) is 0 Å². The van der Waals surface area contributed by atoms with Crippen LogP contribution in [0.15, 0.2) is 28.8 Å². The molecule has 3 N–H and O–H groups in total. The lowest BCUT2D eigenvalue weighted by Crippen LogP contribution is -2.46. The van der Waals surface area contributed by atoms with E-state index in [9.17, 15) is 4.79 Å². The number of nitrogens with zero attached hydrogens (tertiary/aromatic N) is 2. The molecule has 8 heteroatoms. The van der Waals surface area contributed by atoms with Gasteiger partial charge in [-0.1, -0.05) is 36.0 Å². The second-order valence-corrected chi connectivity index (χ2v) is 7.26. The van der Waals surface area contributed by atoms with Gasteiger partial charge in [0.1, 0.15) is 0 Å². The molecule has 0 aliphatic heterocycles. The van der Waals surface area contributed by atoms with E-state index in [1.165, 1.54) is 19.3 Å². The van der Waals surface area contributed by atoms with Crippen LogP contribution in [0.25, 0.3) is 11.4 Å². The lowest BCUT2D eigenvalue weighted by molar-refractivity contribution is -0.122. The summed E-state index contributed by atoms with van der Waals surface area (Å²) in [6, 6.07) is 7.28. The zero-order chi connectivity index (χ0) is 18.4. The maximum absolute atomic E-state index is 12.3. The Morgan fingerprint density at radius 1 is 1.26 bits per heavy atom. The van der Waals surface area contributed by atoms with E-state index < -0.39 is 0 Å². The van der Waals surface area contributed by atoms with Crippen LogP contribution in [0.5, 0.6) is 0 Å². The first-order valence-electron chi connectivity index (χ1n) is 9.23. The summed E-state index contributed by atoms with van der Waals surface area (Å²) in [7, 11) is 0. The molecule has 1 aromatic carbocycles. The summed E-state index contributed by atoms with van der Waals surface area (Å²) in [6.07, 6.45) is 6.76. The fourth-order valence-electron chi connectivity index (χ4n) is 3.48. The van der Waals surface area contributed by atoms with E-state index in [2.05, 4.69) is 15.5 Å². The van der Waals surface area contributed by atoms with Gasteiger partial charge in [0.25, 0.3) is 0 Å². The molecule has 0 saturated heterocycles. The summed E-state index contributed by atoms with van der Waals surface area (Å²) in [5.74, 6) is 1.43. The normalized spacial score (nSPS) is 15.8. The second-order valence-electron chi connectivity index (χ2n) is 6.83. The van der Waals surface area contributed by atoms with E-state index in [0.717, 1.165) is 18.4 Å². The van der Waals surface area contributed by atoms with Crippen LogP contribution in [-0.2, 0) is 11.2 Å². The van der Waals surface area contributed by atoms with E-state index in [4.69, 9.17) is 21.9 Å². The first-order chi connectivity index (χ1) is 12.7. The zero-order valence-corrected chi connectivity index (χ0v) is 16.8. The topological polar surface area (TPSA) is 94.0 Å². The molecule has 148 valence electrons. The Bertz CT molecular complexity index is 715. The highest BCUT2D eigenvalue weighted by molar-refractivity contribution is 6.30. The first kappa shape index (κ1) is 21.7. The fourth-order valence-corrected chi connectivity index (χ4v) is 3.60. The number of carbonyl (C=O) groups excluding carboxylic acids is 1. The van der Waals surface area contributed by atoms with Crippen molar-refractivity contribution in [2.75, 3.05) is 6.54 Å². The van der Waals surface area contributed by atoms with Crippen LogP contribution in [0.3, 0.4) is 0 Å². The van der Waals surface area contributed by atoms with Crippen molar-refractivity contribution in [3.05, 3.63) is 35.2 Å². The van der Waals surface area contributed by atoms with E-state index in [1.807, 2.05) is 12.1 Å². The van der Waals surface area contributed by atoms with Crippen LogP contribution in [-0.4, -0.2) is 28.6 Å². The van der Waals surface area contributed by atoms with Crippen LogP contribution >= 0.6 is 24.0 Å². The largest absolute Gasteiger partial charge is 0.352 e. The molecular weight excluding hydrogens is 387 g/mol. The quantitative estimate of drug-likeness (QED) is 0.721. The zero-order valence-electron chi connectivity index (χ0n) is 15.2. The Labute approximate surface area is 170 Å². The van der Waals surface area contributed by atoms with E-state index in [-0.39, 0.29) is 24.4 Å². The van der Waals surface area contributed by atoms with Gasteiger partial charge >= 0.3 is 0 Å². The minimum atomic E-state index is -0.0164. The maximum Gasteiger partial charge on any atom is 0.227 e. The maximum atomic E-state index is 12.3. The van der Waals surface area contributed by atoms with Gasteiger partial charge in [0.2, 0.25) is 17.6 Å². The number of hydrogen-bond acceptors (Lipinski definition) is 5. The highest BCUT2D eigenvalue weighted by Gasteiger charge is 2.24. The molecule has 0 radical (unpaired) electrons. The van der Waals surface area contributed by atoms with Gasteiger partial charge in [0, 0.05) is 36.0 Å². The number of benzene rings is 1. The highest BCUT2D eigenvalue weighted by Crippen LogP contribution is 2.26. The molecule has 6 nitrogen and oxygen atoms in total. The number of aromatic nitrogens is 2. The minimum absolute atomic E-state index is 0. The molecule has 27 heavy (non-hydrogen) atoms. The van der Waals surface area contributed by atoms with E-state index in [1.54, 1.807) is 12.1 Å². The smallest absolute Gasteiger partial charge is 0.227 e. The van der Waals surface area contributed by atoms with Crippen molar-refractivity contribution >= 4 is 29.9 Å². The summed E-state index contributed by atoms with van der Waals surface area (Å²) in [6.45, 7) is 0.484. The Morgan fingerprint density at radius 2 is 1.96 bits per heavy atom. The Morgan fingerprint density at radius 3 is 2.63 bits per heavy atom. The van der Waals surface area contributed by atoms with Crippen molar-refractivity contribution in [3.63, 3.8) is 0 Å². The monoisotopic (exact) mass is 412 g/mol. The molecule has 1 saturated carbocycles. The molecule has 1 unspecified atom stereocenters. The van der Waals surface area contributed by atoms with Crippen LogP contribution in [0, 0.1) is 5.92 Å². The molecular formula is C19H26Cl2N4O2. The number of rotatable bonds is 7. The standard InChI is InChI=1S/C19H25ClN4O2.ClH/c20-15-8-6-14(7-9-15)19-23-18(26-24-19)11-10-17(25)22-16(12-21)13-4-2-1-3-5-13;/h6-9,13,16H,1-5,10-12,21H2,(H,22,25);1H. The first-order valence-corrected chi connectivity index (χ1v) is 9.61. The molecule has 0 spiro atoms. The van der Waals surface area contributed by atoms with Crippen LogP contribution < -0.4 is 11.1 Å². The molecule has 2 aromatic rings. The summed E-state index contributed by atoms with van der Waals surface area (Å²) in [5.41, 5.74) is 6.70. The van der Waals surface area contributed by atoms with Gasteiger partial charge in [-0.05, 0) is 43.0 Å². The third-order valence-electron chi connectivity index (χ3n) is 4.96. The number of amides is 1. The predicted molar refractivity (Wildman–Crippen MR) is 108 cm³/mol. The van der Waals surface area contributed by atoms with Crippen molar-refractivity contribution < 1.29 is 9.32 Å². The molecule has 1 atom stereocenters. The van der Waals surface area contributed by atoms with E-state index in [0.29, 0.717) is 42.0 Å². The Kier molecular flexibility index (Phi) is 8.54. The van der Waals surface area contributed by atoms with Crippen LogP contribution in [0.4, 0.5) is 0 Å². The number of carbonyl (C=O) groups is 1. The molecule has 3 rings (SSSR count). The average Bonchev–Trinajstić information content (AvgIpc) is 3.15. The summed E-state index contributed by atoms with van der Waals surface area (Å²) >= 11 is 5.88. The lowest BCUT2D eigenvalue weighted by atomic mass is 9.84. The van der Waals surface area contributed by atoms with Gasteiger partial charge in [0.05, 0.1) is 0 Å². The molecule has 1 aliphatic carbocycles. The Balaban J connectivity index is 0.00000261. The number of nitrogens with two attached hydrogens (primary N) is 1.